The third-order valence-corrected chi connectivity index (χ3v) is 3.56. The number of amides is 1. The Morgan fingerprint density at radius 1 is 1.55 bits per heavy atom. The number of aromatic nitrogens is 2. The van der Waals surface area contributed by atoms with E-state index in [1.165, 1.54) is 0 Å². The molecular weight excluding hydrogens is 256 g/mol. The van der Waals surface area contributed by atoms with Crippen molar-refractivity contribution in [2.45, 2.75) is 32.2 Å². The highest BCUT2D eigenvalue weighted by molar-refractivity contribution is 5.97. The zero-order valence-corrected chi connectivity index (χ0v) is 11.6. The number of hydrogen-bond acceptors (Lipinski definition) is 4. The minimum Gasteiger partial charge on any atom is -0.464 e. The Bertz CT molecular complexity index is 639. The molecule has 20 heavy (non-hydrogen) atoms. The third-order valence-electron chi connectivity index (χ3n) is 3.56. The molecule has 6 heteroatoms. The van der Waals surface area contributed by atoms with E-state index in [9.17, 15) is 4.79 Å². The molecule has 0 atom stereocenters. The summed E-state index contributed by atoms with van der Waals surface area (Å²) < 4.78 is 5.47. The SMILES string of the molecule is Cc1ccc(CN(C)C(=O)c2n[nH]c(C3CC3)c2N)o1. The molecule has 0 radical (unpaired) electrons. The standard InChI is InChI=1S/C14H18N4O2/c1-8-3-6-10(20-8)7-18(2)14(19)13-11(15)12(16-17-13)9-4-5-9/h3,6,9H,4-5,7,15H2,1-2H3,(H,16,17). The summed E-state index contributed by atoms with van der Waals surface area (Å²) in [5.41, 5.74) is 7.70. The van der Waals surface area contributed by atoms with E-state index in [1.54, 1.807) is 11.9 Å². The number of nitrogens with two attached hydrogens (primary N) is 1. The van der Waals surface area contributed by atoms with Crippen molar-refractivity contribution in [3.8, 4) is 0 Å². The van der Waals surface area contributed by atoms with Crippen LogP contribution in [0.4, 0.5) is 5.69 Å². The van der Waals surface area contributed by atoms with E-state index >= 15 is 0 Å². The van der Waals surface area contributed by atoms with Crippen molar-refractivity contribution in [1.29, 1.82) is 0 Å². The molecule has 0 aromatic carbocycles. The number of nitrogens with one attached hydrogen (secondary N) is 1. The summed E-state index contributed by atoms with van der Waals surface area (Å²) in [6, 6.07) is 3.74. The second kappa shape index (κ2) is 4.70. The molecule has 0 aliphatic heterocycles. The summed E-state index contributed by atoms with van der Waals surface area (Å²) in [6.07, 6.45) is 2.23. The summed E-state index contributed by atoms with van der Waals surface area (Å²) in [5.74, 6) is 1.83. The van der Waals surface area contributed by atoms with Crippen LogP contribution >= 0.6 is 0 Å². The summed E-state index contributed by atoms with van der Waals surface area (Å²) in [4.78, 5) is 13.9. The predicted octanol–water partition coefficient (Wildman–Crippen LogP) is 2.04. The first-order chi connectivity index (χ1) is 9.56. The van der Waals surface area contributed by atoms with E-state index < -0.39 is 0 Å². The molecule has 2 aromatic rings. The van der Waals surface area contributed by atoms with E-state index in [1.807, 2.05) is 19.1 Å². The van der Waals surface area contributed by atoms with Gasteiger partial charge in [-0.15, -0.1) is 0 Å². The third kappa shape index (κ3) is 2.29. The van der Waals surface area contributed by atoms with Crippen LogP contribution in [0.3, 0.4) is 0 Å². The van der Waals surface area contributed by atoms with Crippen LogP contribution in [0.25, 0.3) is 0 Å². The second-order valence-corrected chi connectivity index (χ2v) is 5.35. The predicted molar refractivity (Wildman–Crippen MR) is 74.2 cm³/mol. The molecule has 3 N–H and O–H groups in total. The Labute approximate surface area is 116 Å². The van der Waals surface area contributed by atoms with Gasteiger partial charge in [0.1, 0.15) is 11.5 Å². The molecule has 0 bridgehead atoms. The normalized spacial score (nSPS) is 14.5. The van der Waals surface area contributed by atoms with Gasteiger partial charge in [0.2, 0.25) is 0 Å². The smallest absolute Gasteiger partial charge is 0.276 e. The molecule has 1 fully saturated rings. The van der Waals surface area contributed by atoms with Gasteiger partial charge in [0.05, 0.1) is 17.9 Å². The van der Waals surface area contributed by atoms with Crippen LogP contribution in [0.15, 0.2) is 16.5 Å². The molecule has 1 amide bonds. The summed E-state index contributed by atoms with van der Waals surface area (Å²) in [6.45, 7) is 2.27. The Morgan fingerprint density at radius 2 is 2.30 bits per heavy atom. The molecule has 1 saturated carbocycles. The number of anilines is 1. The molecule has 6 nitrogen and oxygen atoms in total. The number of hydrogen-bond donors (Lipinski definition) is 2. The highest BCUT2D eigenvalue weighted by Gasteiger charge is 2.31. The number of aryl methyl sites for hydroxylation is 1. The van der Waals surface area contributed by atoms with Crippen LogP contribution in [0, 0.1) is 6.92 Å². The quantitative estimate of drug-likeness (QED) is 0.893. The average molecular weight is 274 g/mol. The maximum absolute atomic E-state index is 12.4. The van der Waals surface area contributed by atoms with Gasteiger partial charge in [0.25, 0.3) is 5.91 Å². The zero-order chi connectivity index (χ0) is 14.3. The van der Waals surface area contributed by atoms with Crippen molar-refractivity contribution in [2.24, 2.45) is 0 Å². The number of carbonyl (C=O) groups excluding carboxylic acids is 1. The molecule has 0 spiro atoms. The van der Waals surface area contributed by atoms with Crippen molar-refractivity contribution < 1.29 is 9.21 Å². The van der Waals surface area contributed by atoms with Crippen molar-refractivity contribution >= 4 is 11.6 Å². The molecule has 0 saturated heterocycles. The average Bonchev–Trinajstić information content (AvgIpc) is 3.07. The van der Waals surface area contributed by atoms with Crippen molar-refractivity contribution in [3.05, 3.63) is 35.0 Å². The fraction of sp³-hybridized carbons (Fsp3) is 0.429. The summed E-state index contributed by atoms with van der Waals surface area (Å²) >= 11 is 0. The lowest BCUT2D eigenvalue weighted by atomic mass is 10.2. The summed E-state index contributed by atoms with van der Waals surface area (Å²) in [7, 11) is 1.71. The maximum atomic E-state index is 12.4. The minimum atomic E-state index is -0.195. The number of rotatable bonds is 4. The molecule has 1 aliphatic carbocycles. The van der Waals surface area contributed by atoms with E-state index in [-0.39, 0.29) is 5.91 Å². The Morgan fingerprint density at radius 3 is 2.90 bits per heavy atom. The molecule has 1 aliphatic rings. The lowest BCUT2D eigenvalue weighted by Gasteiger charge is -2.14. The zero-order valence-electron chi connectivity index (χ0n) is 11.6. The van der Waals surface area contributed by atoms with Crippen molar-refractivity contribution in [2.75, 3.05) is 12.8 Å². The topological polar surface area (TPSA) is 88.2 Å². The van der Waals surface area contributed by atoms with Gasteiger partial charge in [-0.1, -0.05) is 0 Å². The summed E-state index contributed by atoms with van der Waals surface area (Å²) in [5, 5.41) is 6.97. The highest BCUT2D eigenvalue weighted by Crippen LogP contribution is 2.42. The Kier molecular flexibility index (Phi) is 3.00. The first-order valence-electron chi connectivity index (χ1n) is 6.70. The number of H-pyrrole nitrogens is 1. The largest absolute Gasteiger partial charge is 0.464 e. The van der Waals surface area contributed by atoms with Gasteiger partial charge < -0.3 is 15.1 Å². The Hall–Kier alpha value is -2.24. The van der Waals surface area contributed by atoms with Crippen molar-refractivity contribution in [3.63, 3.8) is 0 Å². The first kappa shape index (κ1) is 12.8. The van der Waals surface area contributed by atoms with Gasteiger partial charge in [-0.2, -0.15) is 5.10 Å². The van der Waals surface area contributed by atoms with Gasteiger partial charge in [0.15, 0.2) is 5.69 Å². The molecule has 2 heterocycles. The number of carbonyl (C=O) groups is 1. The van der Waals surface area contributed by atoms with Crippen LogP contribution in [-0.4, -0.2) is 28.1 Å². The van der Waals surface area contributed by atoms with Gasteiger partial charge in [0, 0.05) is 13.0 Å². The van der Waals surface area contributed by atoms with Crippen LogP contribution in [0.2, 0.25) is 0 Å². The van der Waals surface area contributed by atoms with E-state index in [2.05, 4.69) is 10.2 Å². The van der Waals surface area contributed by atoms with Gasteiger partial charge in [-0.25, -0.2) is 0 Å². The number of furan rings is 1. The fourth-order valence-corrected chi connectivity index (χ4v) is 2.27. The molecule has 2 aromatic heterocycles. The molecule has 3 rings (SSSR count). The van der Waals surface area contributed by atoms with Gasteiger partial charge in [-0.05, 0) is 31.9 Å². The monoisotopic (exact) mass is 274 g/mol. The molecular formula is C14H18N4O2. The maximum Gasteiger partial charge on any atom is 0.276 e. The number of nitrogen functional groups attached to an aromatic ring is 1. The van der Waals surface area contributed by atoms with Crippen LogP contribution in [0.5, 0.6) is 0 Å². The lowest BCUT2D eigenvalue weighted by molar-refractivity contribution is 0.0770. The first-order valence-corrected chi connectivity index (χ1v) is 6.70. The van der Waals surface area contributed by atoms with Gasteiger partial charge >= 0.3 is 0 Å². The van der Waals surface area contributed by atoms with Crippen molar-refractivity contribution in [1.82, 2.24) is 15.1 Å². The van der Waals surface area contributed by atoms with Crippen LogP contribution in [0.1, 0.15) is 46.5 Å². The highest BCUT2D eigenvalue weighted by atomic mass is 16.3. The Balaban J connectivity index is 1.74. The second-order valence-electron chi connectivity index (χ2n) is 5.35. The van der Waals surface area contributed by atoms with Crippen LogP contribution in [-0.2, 0) is 6.54 Å². The van der Waals surface area contributed by atoms with Crippen LogP contribution < -0.4 is 5.73 Å². The fourth-order valence-electron chi connectivity index (χ4n) is 2.27. The molecule has 106 valence electrons. The van der Waals surface area contributed by atoms with E-state index in [0.29, 0.717) is 23.8 Å². The molecule has 0 unspecified atom stereocenters. The lowest BCUT2D eigenvalue weighted by Crippen LogP contribution is -2.27. The van der Waals surface area contributed by atoms with Gasteiger partial charge in [-0.3, -0.25) is 9.89 Å². The number of aromatic amines is 1. The van der Waals surface area contributed by atoms with E-state index in [4.69, 9.17) is 10.2 Å². The minimum absolute atomic E-state index is 0.195. The van der Waals surface area contributed by atoms with E-state index in [0.717, 1.165) is 30.1 Å². The number of nitrogens with zero attached hydrogens (tertiary/aromatic N) is 2.